The second kappa shape index (κ2) is 7.81. The lowest BCUT2D eigenvalue weighted by Gasteiger charge is -2.15. The van der Waals surface area contributed by atoms with Gasteiger partial charge in [-0.1, -0.05) is 13.8 Å². The molecule has 24 heavy (non-hydrogen) atoms. The molecule has 0 aliphatic heterocycles. The topological polar surface area (TPSA) is 89.3 Å². The monoisotopic (exact) mass is 332 g/mol. The molecule has 1 unspecified atom stereocenters. The van der Waals surface area contributed by atoms with Crippen molar-refractivity contribution in [3.63, 3.8) is 0 Å². The predicted molar refractivity (Wildman–Crippen MR) is 92.2 cm³/mol. The van der Waals surface area contributed by atoms with Crippen molar-refractivity contribution in [3.8, 4) is 5.75 Å². The summed E-state index contributed by atoms with van der Waals surface area (Å²) in [5.74, 6) is 2.08. The maximum atomic E-state index is 11.2. The van der Waals surface area contributed by atoms with Gasteiger partial charge in [0, 0.05) is 25.1 Å². The van der Waals surface area contributed by atoms with Crippen LogP contribution in [-0.2, 0) is 11.2 Å². The first kappa shape index (κ1) is 17.8. The maximum Gasteiger partial charge on any atom is 0.238 e. The molecule has 0 bridgehead atoms. The zero-order valence-electron chi connectivity index (χ0n) is 14.7. The number of nitrogens with zero attached hydrogens (tertiary/aromatic N) is 2. The Morgan fingerprint density at radius 3 is 2.67 bits per heavy atom. The summed E-state index contributed by atoms with van der Waals surface area (Å²) in [6, 6.07) is 5.31. The SMILES string of the molecule is COc1cc(NC(C)c2nnc(CC(C)C)o2)ccc1NC(C)=O. The molecule has 1 amide bonds. The summed E-state index contributed by atoms with van der Waals surface area (Å²) in [6.07, 6.45) is 0.763. The first-order chi connectivity index (χ1) is 11.4. The van der Waals surface area contributed by atoms with Crippen LogP contribution >= 0.6 is 0 Å². The van der Waals surface area contributed by atoms with Crippen LogP contribution in [0.2, 0.25) is 0 Å². The molecular formula is C17H24N4O3. The van der Waals surface area contributed by atoms with Crippen LogP contribution in [0.5, 0.6) is 5.75 Å². The van der Waals surface area contributed by atoms with Crippen molar-refractivity contribution in [2.45, 2.75) is 40.2 Å². The van der Waals surface area contributed by atoms with Gasteiger partial charge >= 0.3 is 0 Å². The van der Waals surface area contributed by atoms with Crippen LogP contribution in [0.25, 0.3) is 0 Å². The maximum absolute atomic E-state index is 11.2. The minimum Gasteiger partial charge on any atom is -0.494 e. The lowest BCUT2D eigenvalue weighted by atomic mass is 10.1. The predicted octanol–water partition coefficient (Wildman–Crippen LogP) is 3.41. The third-order valence-electron chi connectivity index (χ3n) is 3.33. The van der Waals surface area contributed by atoms with Crippen molar-refractivity contribution < 1.29 is 13.9 Å². The van der Waals surface area contributed by atoms with Gasteiger partial charge in [0.2, 0.25) is 17.7 Å². The van der Waals surface area contributed by atoms with E-state index in [4.69, 9.17) is 9.15 Å². The first-order valence-electron chi connectivity index (χ1n) is 7.93. The molecule has 1 heterocycles. The summed E-state index contributed by atoms with van der Waals surface area (Å²) < 4.78 is 11.0. The summed E-state index contributed by atoms with van der Waals surface area (Å²) in [7, 11) is 1.56. The molecule has 1 aromatic carbocycles. The summed E-state index contributed by atoms with van der Waals surface area (Å²) >= 11 is 0. The van der Waals surface area contributed by atoms with E-state index in [0.29, 0.717) is 29.1 Å². The number of hydrogen-bond donors (Lipinski definition) is 2. The van der Waals surface area contributed by atoms with Gasteiger partial charge in [0.1, 0.15) is 11.8 Å². The highest BCUT2D eigenvalue weighted by Gasteiger charge is 2.15. The number of aromatic nitrogens is 2. The molecule has 0 saturated heterocycles. The van der Waals surface area contributed by atoms with Crippen molar-refractivity contribution in [2.75, 3.05) is 17.7 Å². The van der Waals surface area contributed by atoms with E-state index in [1.807, 2.05) is 19.1 Å². The fourth-order valence-electron chi connectivity index (χ4n) is 2.26. The van der Waals surface area contributed by atoms with Crippen LogP contribution in [0.4, 0.5) is 11.4 Å². The Morgan fingerprint density at radius 1 is 1.29 bits per heavy atom. The van der Waals surface area contributed by atoms with E-state index >= 15 is 0 Å². The van der Waals surface area contributed by atoms with Crippen LogP contribution in [0.1, 0.15) is 45.5 Å². The summed E-state index contributed by atoms with van der Waals surface area (Å²) in [5.41, 5.74) is 1.46. The van der Waals surface area contributed by atoms with Gasteiger partial charge in [-0.05, 0) is 25.0 Å². The smallest absolute Gasteiger partial charge is 0.238 e. The number of anilines is 2. The second-order valence-electron chi connectivity index (χ2n) is 6.09. The van der Waals surface area contributed by atoms with Crippen molar-refractivity contribution in [1.29, 1.82) is 0 Å². The summed E-state index contributed by atoms with van der Waals surface area (Å²) in [4.78, 5) is 11.2. The highest BCUT2D eigenvalue weighted by molar-refractivity contribution is 5.90. The quantitative estimate of drug-likeness (QED) is 0.807. The third-order valence-corrected chi connectivity index (χ3v) is 3.33. The first-order valence-corrected chi connectivity index (χ1v) is 7.93. The number of methoxy groups -OCH3 is 1. The molecule has 130 valence electrons. The highest BCUT2D eigenvalue weighted by Crippen LogP contribution is 2.29. The average Bonchev–Trinajstić information content (AvgIpc) is 2.96. The Kier molecular flexibility index (Phi) is 5.78. The second-order valence-corrected chi connectivity index (χ2v) is 6.09. The van der Waals surface area contributed by atoms with E-state index in [9.17, 15) is 4.79 Å². The molecule has 0 spiro atoms. The Bertz CT molecular complexity index is 697. The van der Waals surface area contributed by atoms with Crippen molar-refractivity contribution in [3.05, 3.63) is 30.0 Å². The molecule has 0 aliphatic rings. The van der Waals surface area contributed by atoms with Gasteiger partial charge in [-0.3, -0.25) is 4.79 Å². The molecule has 7 nitrogen and oxygen atoms in total. The zero-order chi connectivity index (χ0) is 17.7. The fraction of sp³-hybridized carbons (Fsp3) is 0.471. The molecular weight excluding hydrogens is 308 g/mol. The molecule has 1 aromatic heterocycles. The molecule has 2 rings (SSSR count). The average molecular weight is 332 g/mol. The normalized spacial score (nSPS) is 12.1. The van der Waals surface area contributed by atoms with Gasteiger partial charge in [-0.15, -0.1) is 10.2 Å². The molecule has 2 aromatic rings. The van der Waals surface area contributed by atoms with E-state index in [-0.39, 0.29) is 11.9 Å². The highest BCUT2D eigenvalue weighted by atomic mass is 16.5. The fourth-order valence-corrected chi connectivity index (χ4v) is 2.26. The van der Waals surface area contributed by atoms with E-state index < -0.39 is 0 Å². The lowest BCUT2D eigenvalue weighted by Crippen LogP contribution is -2.09. The molecule has 7 heteroatoms. The van der Waals surface area contributed by atoms with Gasteiger partial charge in [0.05, 0.1) is 12.8 Å². The van der Waals surface area contributed by atoms with Gasteiger partial charge in [0.25, 0.3) is 0 Å². The van der Waals surface area contributed by atoms with Crippen LogP contribution < -0.4 is 15.4 Å². The van der Waals surface area contributed by atoms with Crippen LogP contribution in [-0.4, -0.2) is 23.2 Å². The van der Waals surface area contributed by atoms with Crippen molar-refractivity contribution >= 4 is 17.3 Å². The van der Waals surface area contributed by atoms with Crippen molar-refractivity contribution in [1.82, 2.24) is 10.2 Å². The van der Waals surface area contributed by atoms with Crippen LogP contribution in [0.3, 0.4) is 0 Å². The lowest BCUT2D eigenvalue weighted by molar-refractivity contribution is -0.114. The Morgan fingerprint density at radius 2 is 2.04 bits per heavy atom. The van der Waals surface area contributed by atoms with Crippen molar-refractivity contribution in [2.24, 2.45) is 5.92 Å². The third kappa shape index (κ3) is 4.71. The molecule has 0 fully saturated rings. The number of nitrogens with one attached hydrogen (secondary N) is 2. The number of amides is 1. The van der Waals surface area contributed by atoms with E-state index in [1.165, 1.54) is 6.92 Å². The minimum absolute atomic E-state index is 0.144. The largest absolute Gasteiger partial charge is 0.494 e. The van der Waals surface area contributed by atoms with Crippen LogP contribution in [0, 0.1) is 5.92 Å². The Balaban J connectivity index is 2.09. The standard InChI is InChI=1S/C17H24N4O3/c1-10(2)8-16-20-21-17(24-16)11(3)18-13-6-7-14(19-12(4)22)15(9-13)23-5/h6-7,9-11,18H,8H2,1-5H3,(H,19,22). The molecule has 2 N–H and O–H groups in total. The minimum atomic E-state index is -0.147. The van der Waals surface area contributed by atoms with E-state index in [2.05, 4.69) is 34.7 Å². The van der Waals surface area contributed by atoms with E-state index in [1.54, 1.807) is 13.2 Å². The molecule has 0 aliphatic carbocycles. The number of carbonyl (C=O) groups excluding carboxylic acids is 1. The zero-order valence-corrected chi connectivity index (χ0v) is 14.7. The number of hydrogen-bond acceptors (Lipinski definition) is 6. The number of rotatable bonds is 7. The summed E-state index contributed by atoms with van der Waals surface area (Å²) in [5, 5.41) is 14.2. The van der Waals surface area contributed by atoms with Gasteiger partial charge in [-0.2, -0.15) is 0 Å². The number of benzene rings is 1. The van der Waals surface area contributed by atoms with Crippen LogP contribution in [0.15, 0.2) is 22.6 Å². The number of carbonyl (C=O) groups is 1. The Hall–Kier alpha value is -2.57. The number of ether oxygens (including phenoxy) is 1. The molecule has 0 saturated carbocycles. The molecule has 0 radical (unpaired) electrons. The van der Waals surface area contributed by atoms with E-state index in [0.717, 1.165) is 12.1 Å². The van der Waals surface area contributed by atoms with Gasteiger partial charge < -0.3 is 19.8 Å². The Labute approximate surface area is 141 Å². The van der Waals surface area contributed by atoms with Gasteiger partial charge in [0.15, 0.2) is 0 Å². The van der Waals surface area contributed by atoms with Gasteiger partial charge in [-0.25, -0.2) is 0 Å². The summed E-state index contributed by atoms with van der Waals surface area (Å²) in [6.45, 7) is 7.61. The molecule has 1 atom stereocenters.